The van der Waals surface area contributed by atoms with Gasteiger partial charge in [-0.2, -0.15) is 0 Å². The van der Waals surface area contributed by atoms with Gasteiger partial charge in [0.1, 0.15) is 6.54 Å². The van der Waals surface area contributed by atoms with Crippen LogP contribution in [0, 0.1) is 5.92 Å². The molecular formula is C16H33N3O2. The average Bonchev–Trinajstić information content (AvgIpc) is 2.47. The second kappa shape index (κ2) is 9.77. The summed E-state index contributed by atoms with van der Waals surface area (Å²) < 4.78 is 5.58. The highest BCUT2D eigenvalue weighted by Crippen LogP contribution is 2.21. The van der Waals surface area contributed by atoms with Crippen molar-refractivity contribution in [3.8, 4) is 0 Å². The number of likely N-dealkylation sites (N-methyl/N-ethyl adjacent to an activating group) is 1. The van der Waals surface area contributed by atoms with Gasteiger partial charge in [-0.05, 0) is 19.3 Å². The summed E-state index contributed by atoms with van der Waals surface area (Å²) in [7, 11) is 7.43. The second-order valence-electron chi connectivity index (χ2n) is 5.82. The second-order valence-corrected chi connectivity index (χ2v) is 5.82. The zero-order valence-electron chi connectivity index (χ0n) is 15.0. The van der Waals surface area contributed by atoms with E-state index in [9.17, 15) is 4.79 Å². The number of carbonyl (C=O) groups is 1. The first kappa shape index (κ1) is 19.9. The van der Waals surface area contributed by atoms with Crippen LogP contribution in [0.5, 0.6) is 0 Å². The quantitative estimate of drug-likeness (QED) is 0.510. The molecule has 0 aliphatic carbocycles. The van der Waals surface area contributed by atoms with Gasteiger partial charge in [0, 0.05) is 28.3 Å². The predicted octanol–water partition coefficient (Wildman–Crippen LogP) is 2.26. The lowest BCUT2D eigenvalue weighted by molar-refractivity contribution is -0.135. The maximum absolute atomic E-state index is 12.4. The summed E-state index contributed by atoms with van der Waals surface area (Å²) in [5.74, 6) is 1.29. The summed E-state index contributed by atoms with van der Waals surface area (Å²) in [6, 6.07) is 0.0902. The van der Waals surface area contributed by atoms with E-state index in [1.54, 1.807) is 7.11 Å². The molecule has 0 bridgehead atoms. The van der Waals surface area contributed by atoms with E-state index in [2.05, 4.69) is 25.8 Å². The molecule has 0 aromatic carbocycles. The fraction of sp³-hybridized carbons (Fsp3) is 0.875. The molecule has 5 heteroatoms. The third-order valence-corrected chi connectivity index (χ3v) is 4.24. The molecule has 1 amide bonds. The van der Waals surface area contributed by atoms with Gasteiger partial charge in [-0.15, -0.1) is 0 Å². The monoisotopic (exact) mass is 299 g/mol. The lowest BCUT2D eigenvalue weighted by Crippen LogP contribution is -2.49. The van der Waals surface area contributed by atoms with Crippen molar-refractivity contribution in [2.45, 2.75) is 52.7 Å². The summed E-state index contributed by atoms with van der Waals surface area (Å²) in [6.07, 6.45) is 1.97. The van der Waals surface area contributed by atoms with Crippen molar-refractivity contribution < 1.29 is 9.53 Å². The molecule has 0 spiro atoms. The molecule has 3 atom stereocenters. The summed E-state index contributed by atoms with van der Waals surface area (Å²) in [6.45, 7) is 8.50. The van der Waals surface area contributed by atoms with E-state index in [0.717, 1.165) is 18.7 Å². The van der Waals surface area contributed by atoms with Gasteiger partial charge in [-0.25, -0.2) is 0 Å². The number of hydrogen-bond donors (Lipinski definition) is 0. The Morgan fingerprint density at radius 3 is 2.14 bits per heavy atom. The molecule has 0 N–H and O–H groups in total. The first-order valence-electron chi connectivity index (χ1n) is 7.76. The van der Waals surface area contributed by atoms with Crippen molar-refractivity contribution in [1.29, 1.82) is 0 Å². The van der Waals surface area contributed by atoms with Gasteiger partial charge in [0.25, 0.3) is 0 Å². The molecular weight excluding hydrogens is 266 g/mol. The topological polar surface area (TPSA) is 45.1 Å². The molecule has 0 aromatic rings. The Morgan fingerprint density at radius 2 is 1.76 bits per heavy atom. The number of carbonyl (C=O) groups excluding carboxylic acids is 1. The molecule has 3 unspecified atom stereocenters. The van der Waals surface area contributed by atoms with Crippen LogP contribution in [-0.2, 0) is 9.53 Å². The molecule has 0 aliphatic rings. The smallest absolute Gasteiger partial charge is 0.244 e. The van der Waals surface area contributed by atoms with Gasteiger partial charge >= 0.3 is 0 Å². The molecule has 0 saturated carbocycles. The Bertz CT molecular complexity index is 338. The lowest BCUT2D eigenvalue weighted by Gasteiger charge is -2.37. The molecule has 0 aliphatic heterocycles. The summed E-state index contributed by atoms with van der Waals surface area (Å²) in [4.78, 5) is 20.5. The first-order valence-corrected chi connectivity index (χ1v) is 7.76. The normalized spacial score (nSPS) is 16.3. The molecule has 0 aromatic heterocycles. The number of amidine groups is 1. The van der Waals surface area contributed by atoms with E-state index >= 15 is 0 Å². The summed E-state index contributed by atoms with van der Waals surface area (Å²) in [5.41, 5.74) is 0. The third-order valence-electron chi connectivity index (χ3n) is 4.24. The molecule has 0 radical (unpaired) electrons. The van der Waals surface area contributed by atoms with Crippen LogP contribution in [0.25, 0.3) is 0 Å². The van der Waals surface area contributed by atoms with Gasteiger partial charge in [-0.3, -0.25) is 9.79 Å². The van der Waals surface area contributed by atoms with Crippen LogP contribution in [-0.4, -0.2) is 68.5 Å². The minimum absolute atomic E-state index is 0.0389. The standard InChI is InChI=1S/C16H33N3O2/c1-9-12(3)16(14(10-2)21-8)19(7)15(20)11-17-13(4)18(5)6/h12,14,16H,9-11H2,1-8H3. The molecule has 124 valence electrons. The van der Waals surface area contributed by atoms with Gasteiger partial charge in [-0.1, -0.05) is 27.2 Å². The van der Waals surface area contributed by atoms with Gasteiger partial charge in [0.05, 0.1) is 18.0 Å². The molecule has 0 heterocycles. The van der Waals surface area contributed by atoms with Gasteiger partial charge in [0.2, 0.25) is 5.91 Å². The zero-order chi connectivity index (χ0) is 16.6. The maximum atomic E-state index is 12.4. The Hall–Kier alpha value is -1.10. The van der Waals surface area contributed by atoms with Gasteiger partial charge in [0.15, 0.2) is 0 Å². The molecule has 0 rings (SSSR count). The van der Waals surface area contributed by atoms with Crippen molar-refractivity contribution in [2.75, 3.05) is 34.8 Å². The van der Waals surface area contributed by atoms with E-state index in [4.69, 9.17) is 4.74 Å². The minimum atomic E-state index is 0.0389. The number of rotatable bonds is 8. The maximum Gasteiger partial charge on any atom is 0.244 e. The van der Waals surface area contributed by atoms with Crippen LogP contribution in [0.4, 0.5) is 0 Å². The molecule has 0 saturated heterocycles. The van der Waals surface area contributed by atoms with Crippen molar-refractivity contribution in [2.24, 2.45) is 10.9 Å². The van der Waals surface area contributed by atoms with Crippen molar-refractivity contribution in [3.05, 3.63) is 0 Å². The molecule has 21 heavy (non-hydrogen) atoms. The highest BCUT2D eigenvalue weighted by molar-refractivity contribution is 5.84. The number of ether oxygens (including phenoxy) is 1. The van der Waals surface area contributed by atoms with E-state index in [1.165, 1.54) is 0 Å². The van der Waals surface area contributed by atoms with Crippen LogP contribution in [0.3, 0.4) is 0 Å². The average molecular weight is 299 g/mol. The minimum Gasteiger partial charge on any atom is -0.379 e. The fourth-order valence-corrected chi connectivity index (χ4v) is 2.39. The van der Waals surface area contributed by atoms with Crippen LogP contribution in [0.1, 0.15) is 40.5 Å². The van der Waals surface area contributed by atoms with Gasteiger partial charge < -0.3 is 14.5 Å². The van der Waals surface area contributed by atoms with E-state index in [0.29, 0.717) is 5.92 Å². The predicted molar refractivity (Wildman–Crippen MR) is 88.8 cm³/mol. The number of amides is 1. The Labute approximate surface area is 130 Å². The Kier molecular flexibility index (Phi) is 9.26. The van der Waals surface area contributed by atoms with E-state index in [-0.39, 0.29) is 24.6 Å². The zero-order valence-corrected chi connectivity index (χ0v) is 15.0. The first-order chi connectivity index (χ1) is 9.79. The Balaban J connectivity index is 4.98. The molecule has 0 fully saturated rings. The highest BCUT2D eigenvalue weighted by atomic mass is 16.5. The third kappa shape index (κ3) is 6.04. The van der Waals surface area contributed by atoms with Crippen LogP contribution in [0.2, 0.25) is 0 Å². The van der Waals surface area contributed by atoms with Crippen molar-refractivity contribution in [1.82, 2.24) is 9.80 Å². The SMILES string of the molecule is CCC(C)C(C(CC)OC)N(C)C(=O)CN=C(C)N(C)C. The van der Waals surface area contributed by atoms with E-state index < -0.39 is 0 Å². The largest absolute Gasteiger partial charge is 0.379 e. The van der Waals surface area contributed by atoms with Crippen LogP contribution in [0.15, 0.2) is 4.99 Å². The molecule has 5 nitrogen and oxygen atoms in total. The highest BCUT2D eigenvalue weighted by Gasteiger charge is 2.31. The van der Waals surface area contributed by atoms with E-state index in [1.807, 2.05) is 37.9 Å². The Morgan fingerprint density at radius 1 is 1.19 bits per heavy atom. The number of aliphatic imine (C=N–C) groups is 1. The number of nitrogens with zero attached hydrogens (tertiary/aromatic N) is 3. The lowest BCUT2D eigenvalue weighted by atomic mass is 9.91. The fourth-order valence-electron chi connectivity index (χ4n) is 2.39. The van der Waals surface area contributed by atoms with Crippen LogP contribution < -0.4 is 0 Å². The van der Waals surface area contributed by atoms with Crippen LogP contribution >= 0.6 is 0 Å². The number of hydrogen-bond acceptors (Lipinski definition) is 3. The van der Waals surface area contributed by atoms with Crippen molar-refractivity contribution >= 4 is 11.7 Å². The summed E-state index contributed by atoms with van der Waals surface area (Å²) in [5, 5.41) is 0. The van der Waals surface area contributed by atoms with Crippen molar-refractivity contribution in [3.63, 3.8) is 0 Å². The summed E-state index contributed by atoms with van der Waals surface area (Å²) >= 11 is 0. The number of methoxy groups -OCH3 is 1.